The van der Waals surface area contributed by atoms with E-state index in [0.717, 1.165) is 15.4 Å². The molecule has 0 amide bonds. The van der Waals surface area contributed by atoms with Crippen LogP contribution in [0.25, 0.3) is 10.6 Å². The molecule has 64 valence electrons. The van der Waals surface area contributed by atoms with E-state index in [4.69, 9.17) is 6.42 Å². The van der Waals surface area contributed by atoms with Gasteiger partial charge < -0.3 is 0 Å². The van der Waals surface area contributed by atoms with Gasteiger partial charge in [-0.15, -0.1) is 17.8 Å². The van der Waals surface area contributed by atoms with Crippen molar-refractivity contribution < 1.29 is 0 Å². The van der Waals surface area contributed by atoms with Crippen LogP contribution in [0, 0.1) is 12.3 Å². The molecular formula is C10H8N2S. The summed E-state index contributed by atoms with van der Waals surface area (Å²) in [7, 11) is 1.92. The second-order valence-corrected chi connectivity index (χ2v) is 3.73. The Bertz CT molecular complexity index is 459. The Morgan fingerprint density at radius 2 is 2.31 bits per heavy atom. The fraction of sp³-hybridized carbons (Fsp3) is 0.100. The lowest BCUT2D eigenvalue weighted by Crippen LogP contribution is -1.90. The molecule has 2 nitrogen and oxygen atoms in total. The van der Waals surface area contributed by atoms with Crippen LogP contribution in [0.4, 0.5) is 0 Å². The maximum atomic E-state index is 5.29. The van der Waals surface area contributed by atoms with Gasteiger partial charge in [-0.3, -0.25) is 4.68 Å². The molecule has 0 saturated heterocycles. The molecular weight excluding hydrogens is 180 g/mol. The number of thiophene rings is 1. The van der Waals surface area contributed by atoms with E-state index in [-0.39, 0.29) is 0 Å². The maximum Gasteiger partial charge on any atom is 0.0779 e. The van der Waals surface area contributed by atoms with Crippen molar-refractivity contribution in [3.05, 3.63) is 29.3 Å². The molecule has 0 radical (unpaired) electrons. The van der Waals surface area contributed by atoms with Crippen molar-refractivity contribution in [3.63, 3.8) is 0 Å². The number of terminal acetylenes is 1. The number of rotatable bonds is 1. The third-order valence-corrected chi connectivity index (χ3v) is 2.86. The molecule has 0 spiro atoms. The van der Waals surface area contributed by atoms with Crippen molar-refractivity contribution in [1.29, 1.82) is 0 Å². The number of nitrogens with zero attached hydrogens (tertiary/aromatic N) is 2. The third-order valence-electron chi connectivity index (χ3n) is 1.82. The molecule has 0 N–H and O–H groups in total. The summed E-state index contributed by atoms with van der Waals surface area (Å²) in [5, 5.41) is 4.10. The highest BCUT2D eigenvalue weighted by Crippen LogP contribution is 2.26. The van der Waals surface area contributed by atoms with Gasteiger partial charge in [0.2, 0.25) is 0 Å². The number of aryl methyl sites for hydroxylation is 1. The number of aromatic nitrogens is 2. The van der Waals surface area contributed by atoms with Crippen LogP contribution in [-0.2, 0) is 7.05 Å². The zero-order valence-electron chi connectivity index (χ0n) is 7.19. The van der Waals surface area contributed by atoms with Gasteiger partial charge in [-0.1, -0.05) is 5.92 Å². The molecule has 2 aromatic heterocycles. The van der Waals surface area contributed by atoms with Gasteiger partial charge >= 0.3 is 0 Å². The van der Waals surface area contributed by atoms with Gasteiger partial charge in [0, 0.05) is 13.2 Å². The topological polar surface area (TPSA) is 17.8 Å². The van der Waals surface area contributed by atoms with E-state index >= 15 is 0 Å². The van der Waals surface area contributed by atoms with E-state index in [2.05, 4.69) is 11.0 Å². The van der Waals surface area contributed by atoms with Crippen LogP contribution in [0.2, 0.25) is 0 Å². The van der Waals surface area contributed by atoms with Crippen LogP contribution >= 0.6 is 11.3 Å². The summed E-state index contributed by atoms with van der Waals surface area (Å²) < 4.78 is 1.84. The van der Waals surface area contributed by atoms with E-state index in [1.54, 1.807) is 17.5 Å². The minimum absolute atomic E-state index is 0.955. The number of hydrogen-bond donors (Lipinski definition) is 0. The molecule has 2 aromatic rings. The molecule has 0 aromatic carbocycles. The predicted molar refractivity (Wildman–Crippen MR) is 54.5 cm³/mol. The van der Waals surface area contributed by atoms with Crippen molar-refractivity contribution >= 4 is 11.3 Å². The van der Waals surface area contributed by atoms with E-state index in [9.17, 15) is 0 Å². The van der Waals surface area contributed by atoms with Crippen LogP contribution in [-0.4, -0.2) is 9.78 Å². The Hall–Kier alpha value is -1.53. The minimum atomic E-state index is 0.955. The molecule has 0 fully saturated rings. The highest BCUT2D eigenvalue weighted by molar-refractivity contribution is 7.16. The first-order valence-electron chi connectivity index (χ1n) is 3.86. The quantitative estimate of drug-likeness (QED) is 0.627. The van der Waals surface area contributed by atoms with E-state index < -0.39 is 0 Å². The molecule has 0 atom stereocenters. The predicted octanol–water partition coefficient (Wildman–Crippen LogP) is 2.13. The lowest BCUT2D eigenvalue weighted by Gasteiger charge is -1.95. The fourth-order valence-electron chi connectivity index (χ4n) is 1.17. The monoisotopic (exact) mass is 188 g/mol. The maximum absolute atomic E-state index is 5.29. The summed E-state index contributed by atoms with van der Waals surface area (Å²) in [6.07, 6.45) is 7.07. The zero-order valence-corrected chi connectivity index (χ0v) is 8.01. The molecule has 0 unspecified atom stereocenters. The molecule has 13 heavy (non-hydrogen) atoms. The number of hydrogen-bond acceptors (Lipinski definition) is 2. The summed E-state index contributed by atoms with van der Waals surface area (Å²) in [4.78, 5) is 2.11. The Labute approximate surface area is 80.8 Å². The van der Waals surface area contributed by atoms with Gasteiger partial charge in [0.1, 0.15) is 0 Å². The minimum Gasteiger partial charge on any atom is -0.267 e. The largest absolute Gasteiger partial charge is 0.267 e. The summed E-state index contributed by atoms with van der Waals surface area (Å²) in [5.74, 6) is 2.62. The normalized spacial score (nSPS) is 9.85. The highest BCUT2D eigenvalue weighted by Gasteiger charge is 2.04. The van der Waals surface area contributed by atoms with Gasteiger partial charge in [-0.2, -0.15) is 5.10 Å². The average Bonchev–Trinajstić information content (AvgIpc) is 2.71. The van der Waals surface area contributed by atoms with E-state index in [1.807, 2.05) is 29.9 Å². The first kappa shape index (κ1) is 8.09. The molecule has 0 saturated carbocycles. The van der Waals surface area contributed by atoms with Crippen LogP contribution in [0.1, 0.15) is 4.88 Å². The molecule has 0 aliphatic rings. The van der Waals surface area contributed by atoms with Crippen molar-refractivity contribution in [3.8, 4) is 22.9 Å². The Morgan fingerprint density at radius 1 is 1.46 bits per heavy atom. The molecule has 2 rings (SSSR count). The summed E-state index contributed by atoms with van der Waals surface area (Å²) in [6.45, 7) is 0. The second kappa shape index (κ2) is 3.08. The van der Waals surface area contributed by atoms with Crippen LogP contribution < -0.4 is 0 Å². The third kappa shape index (κ3) is 1.36. The van der Waals surface area contributed by atoms with Gasteiger partial charge in [0.15, 0.2) is 0 Å². The summed E-state index contributed by atoms with van der Waals surface area (Å²) >= 11 is 1.61. The molecule has 2 heterocycles. The summed E-state index contributed by atoms with van der Waals surface area (Å²) in [6, 6.07) is 5.95. The lowest BCUT2D eigenvalue weighted by molar-refractivity contribution is 0.777. The van der Waals surface area contributed by atoms with Crippen LogP contribution in [0.5, 0.6) is 0 Å². The Balaban J connectivity index is 2.48. The van der Waals surface area contributed by atoms with E-state index in [0.29, 0.717) is 0 Å². The standard InChI is InChI=1S/C10H8N2S/c1-3-8-4-5-10(13-8)9-6-7-11-12(9)2/h1,4-7H,2H3. The molecule has 0 bridgehead atoms. The van der Waals surface area contributed by atoms with Crippen molar-refractivity contribution in [2.45, 2.75) is 0 Å². The van der Waals surface area contributed by atoms with Crippen molar-refractivity contribution in [1.82, 2.24) is 9.78 Å². The van der Waals surface area contributed by atoms with Gasteiger partial charge in [-0.05, 0) is 18.2 Å². The fourth-order valence-corrected chi connectivity index (χ4v) is 2.04. The molecule has 0 aliphatic heterocycles. The first-order valence-corrected chi connectivity index (χ1v) is 4.68. The Kier molecular flexibility index (Phi) is 1.91. The lowest BCUT2D eigenvalue weighted by atomic mass is 10.3. The van der Waals surface area contributed by atoms with E-state index in [1.165, 1.54) is 0 Å². The van der Waals surface area contributed by atoms with Gasteiger partial charge in [-0.25, -0.2) is 0 Å². The summed E-state index contributed by atoms with van der Waals surface area (Å²) in [5.41, 5.74) is 1.10. The van der Waals surface area contributed by atoms with Crippen molar-refractivity contribution in [2.24, 2.45) is 7.05 Å². The Morgan fingerprint density at radius 3 is 2.85 bits per heavy atom. The highest BCUT2D eigenvalue weighted by atomic mass is 32.1. The SMILES string of the molecule is C#Cc1ccc(-c2ccnn2C)s1. The van der Waals surface area contributed by atoms with Gasteiger partial charge in [0.05, 0.1) is 15.4 Å². The second-order valence-electron chi connectivity index (χ2n) is 2.65. The zero-order chi connectivity index (χ0) is 9.26. The molecule has 0 aliphatic carbocycles. The first-order chi connectivity index (χ1) is 6.31. The van der Waals surface area contributed by atoms with Crippen LogP contribution in [0.15, 0.2) is 24.4 Å². The van der Waals surface area contributed by atoms with Crippen LogP contribution in [0.3, 0.4) is 0 Å². The average molecular weight is 188 g/mol. The van der Waals surface area contributed by atoms with Gasteiger partial charge in [0.25, 0.3) is 0 Å². The smallest absolute Gasteiger partial charge is 0.0779 e. The van der Waals surface area contributed by atoms with Crippen molar-refractivity contribution in [2.75, 3.05) is 0 Å². The molecule has 3 heteroatoms.